The second-order valence-electron chi connectivity index (χ2n) is 4.63. The maximum atomic E-state index is 12.7. The highest BCUT2D eigenvalue weighted by Gasteiger charge is 2.31. The fourth-order valence-electron chi connectivity index (χ4n) is 2.06. The van der Waals surface area contributed by atoms with Crippen LogP contribution >= 0.6 is 0 Å². The van der Waals surface area contributed by atoms with Crippen molar-refractivity contribution in [1.82, 2.24) is 19.8 Å². The van der Waals surface area contributed by atoms with E-state index in [4.69, 9.17) is 0 Å². The molecule has 0 aromatic carbocycles. The molecule has 110 valence electrons. The van der Waals surface area contributed by atoms with Crippen molar-refractivity contribution in [2.45, 2.75) is 51.7 Å². The van der Waals surface area contributed by atoms with Gasteiger partial charge < -0.3 is 5.32 Å². The van der Waals surface area contributed by atoms with Crippen molar-refractivity contribution >= 4 is 10.0 Å². The van der Waals surface area contributed by atoms with Gasteiger partial charge in [0.05, 0.1) is 0 Å². The number of aromatic nitrogens is 2. The van der Waals surface area contributed by atoms with Crippen molar-refractivity contribution < 1.29 is 8.42 Å². The number of H-pyrrole nitrogens is 1. The topological polar surface area (TPSA) is 78.1 Å². The van der Waals surface area contributed by atoms with E-state index in [1.165, 1.54) is 4.31 Å². The standard InChI is InChI=1S/C12H24N4O2S/c1-6-9(3)16(7-2)19(17,18)12-11(8-13-5)10(4)14-15-12/h9,13H,6-8H2,1-5H3,(H,14,15). The Morgan fingerprint density at radius 3 is 2.53 bits per heavy atom. The molecule has 1 atom stereocenters. The smallest absolute Gasteiger partial charge is 0.262 e. The first-order chi connectivity index (χ1) is 8.89. The molecule has 0 radical (unpaired) electrons. The minimum absolute atomic E-state index is 0.0329. The number of nitrogens with one attached hydrogen (secondary N) is 2. The largest absolute Gasteiger partial charge is 0.316 e. The zero-order valence-electron chi connectivity index (χ0n) is 12.3. The predicted molar refractivity (Wildman–Crippen MR) is 75.4 cm³/mol. The first-order valence-electron chi connectivity index (χ1n) is 6.60. The summed E-state index contributed by atoms with van der Waals surface area (Å²) in [6, 6.07) is -0.0329. The summed E-state index contributed by atoms with van der Waals surface area (Å²) in [6.45, 7) is 8.50. The summed E-state index contributed by atoms with van der Waals surface area (Å²) in [5.74, 6) is 0. The molecule has 0 amide bonds. The Morgan fingerprint density at radius 1 is 1.42 bits per heavy atom. The van der Waals surface area contributed by atoms with Crippen LogP contribution in [0.15, 0.2) is 5.03 Å². The lowest BCUT2D eigenvalue weighted by Gasteiger charge is -2.25. The number of nitrogens with zero attached hydrogens (tertiary/aromatic N) is 2. The van der Waals surface area contributed by atoms with Crippen molar-refractivity contribution in [3.63, 3.8) is 0 Å². The number of aryl methyl sites for hydroxylation is 1. The molecule has 0 saturated carbocycles. The molecule has 0 spiro atoms. The van der Waals surface area contributed by atoms with Gasteiger partial charge in [-0.2, -0.15) is 9.40 Å². The third-order valence-corrected chi connectivity index (χ3v) is 5.40. The molecular weight excluding hydrogens is 264 g/mol. The Balaban J connectivity index is 3.26. The van der Waals surface area contributed by atoms with E-state index in [1.807, 2.05) is 27.7 Å². The van der Waals surface area contributed by atoms with Gasteiger partial charge in [-0.05, 0) is 27.3 Å². The van der Waals surface area contributed by atoms with E-state index in [1.54, 1.807) is 7.05 Å². The van der Waals surface area contributed by atoms with Gasteiger partial charge >= 0.3 is 0 Å². The van der Waals surface area contributed by atoms with Gasteiger partial charge in [-0.3, -0.25) is 5.10 Å². The molecular formula is C12H24N4O2S. The predicted octanol–water partition coefficient (Wildman–Crippen LogP) is 1.25. The average Bonchev–Trinajstić information content (AvgIpc) is 2.72. The van der Waals surface area contributed by atoms with Gasteiger partial charge in [0.25, 0.3) is 10.0 Å². The summed E-state index contributed by atoms with van der Waals surface area (Å²) in [7, 11) is -1.76. The van der Waals surface area contributed by atoms with Gasteiger partial charge in [0.15, 0.2) is 5.03 Å². The summed E-state index contributed by atoms with van der Waals surface area (Å²) < 4.78 is 26.9. The van der Waals surface area contributed by atoms with Gasteiger partial charge in [0, 0.05) is 30.4 Å². The van der Waals surface area contributed by atoms with Crippen LogP contribution in [0.25, 0.3) is 0 Å². The van der Waals surface area contributed by atoms with Crippen LogP contribution in [-0.2, 0) is 16.6 Å². The zero-order valence-corrected chi connectivity index (χ0v) is 13.1. The maximum absolute atomic E-state index is 12.7. The molecule has 0 aliphatic rings. The molecule has 0 aliphatic carbocycles. The Labute approximate surface area is 115 Å². The Bertz CT molecular complexity index is 510. The van der Waals surface area contributed by atoms with Crippen molar-refractivity contribution in [1.29, 1.82) is 0 Å². The summed E-state index contributed by atoms with van der Waals surface area (Å²) in [6.07, 6.45) is 0.776. The SMILES string of the molecule is CCC(C)N(CC)S(=O)(=O)c1n[nH]c(C)c1CNC. The van der Waals surface area contributed by atoms with Crippen LogP contribution in [-0.4, -0.2) is 42.6 Å². The van der Waals surface area contributed by atoms with Crippen LogP contribution in [0.5, 0.6) is 0 Å². The number of sulfonamides is 1. The van der Waals surface area contributed by atoms with Crippen LogP contribution in [0.3, 0.4) is 0 Å². The summed E-state index contributed by atoms with van der Waals surface area (Å²) in [4.78, 5) is 0. The molecule has 0 saturated heterocycles. The van der Waals surface area contributed by atoms with Crippen LogP contribution in [0.4, 0.5) is 0 Å². The third-order valence-electron chi connectivity index (χ3n) is 3.34. The van der Waals surface area contributed by atoms with Crippen LogP contribution in [0.2, 0.25) is 0 Å². The molecule has 1 aromatic rings. The molecule has 6 nitrogen and oxygen atoms in total. The molecule has 0 aliphatic heterocycles. The number of hydrogen-bond donors (Lipinski definition) is 2. The maximum Gasteiger partial charge on any atom is 0.262 e. The van der Waals surface area contributed by atoms with Gasteiger partial charge in [-0.25, -0.2) is 8.42 Å². The van der Waals surface area contributed by atoms with Crippen molar-refractivity contribution in [2.75, 3.05) is 13.6 Å². The van der Waals surface area contributed by atoms with E-state index in [2.05, 4.69) is 15.5 Å². The van der Waals surface area contributed by atoms with E-state index in [9.17, 15) is 8.42 Å². The minimum atomic E-state index is -3.54. The Kier molecular flexibility index (Phi) is 5.51. The molecule has 7 heteroatoms. The van der Waals surface area contributed by atoms with Crippen molar-refractivity contribution in [2.24, 2.45) is 0 Å². The van der Waals surface area contributed by atoms with E-state index >= 15 is 0 Å². The highest BCUT2D eigenvalue weighted by Crippen LogP contribution is 2.22. The van der Waals surface area contributed by atoms with E-state index < -0.39 is 10.0 Å². The normalized spacial score (nSPS) is 14.0. The van der Waals surface area contributed by atoms with Gasteiger partial charge in [0.1, 0.15) is 0 Å². The van der Waals surface area contributed by atoms with E-state index in [0.717, 1.165) is 12.1 Å². The van der Waals surface area contributed by atoms with Crippen molar-refractivity contribution in [3.05, 3.63) is 11.3 Å². The highest BCUT2D eigenvalue weighted by molar-refractivity contribution is 7.89. The fourth-order valence-corrected chi connectivity index (χ4v) is 3.94. The zero-order chi connectivity index (χ0) is 14.6. The number of hydrogen-bond acceptors (Lipinski definition) is 4. The van der Waals surface area contributed by atoms with Crippen LogP contribution < -0.4 is 5.32 Å². The summed E-state index contributed by atoms with van der Waals surface area (Å²) in [5.41, 5.74) is 1.50. The van der Waals surface area contributed by atoms with Gasteiger partial charge in [-0.1, -0.05) is 13.8 Å². The summed E-state index contributed by atoms with van der Waals surface area (Å²) >= 11 is 0. The van der Waals surface area contributed by atoms with E-state index in [-0.39, 0.29) is 11.1 Å². The highest BCUT2D eigenvalue weighted by atomic mass is 32.2. The number of aromatic amines is 1. The monoisotopic (exact) mass is 288 g/mol. The molecule has 1 heterocycles. The Hall–Kier alpha value is -0.920. The molecule has 1 unspecified atom stereocenters. The lowest BCUT2D eigenvalue weighted by molar-refractivity contribution is 0.341. The molecule has 0 bridgehead atoms. The molecule has 1 rings (SSSR count). The summed E-state index contributed by atoms with van der Waals surface area (Å²) in [5, 5.41) is 9.89. The average molecular weight is 288 g/mol. The first-order valence-corrected chi connectivity index (χ1v) is 8.04. The van der Waals surface area contributed by atoms with Crippen LogP contribution in [0, 0.1) is 6.92 Å². The van der Waals surface area contributed by atoms with Gasteiger partial charge in [-0.15, -0.1) is 0 Å². The lowest BCUT2D eigenvalue weighted by atomic mass is 10.3. The molecule has 1 aromatic heterocycles. The third kappa shape index (κ3) is 3.16. The second-order valence-corrected chi connectivity index (χ2v) is 6.43. The minimum Gasteiger partial charge on any atom is -0.316 e. The molecule has 19 heavy (non-hydrogen) atoms. The number of rotatable bonds is 7. The quantitative estimate of drug-likeness (QED) is 0.791. The molecule has 0 fully saturated rings. The lowest BCUT2D eigenvalue weighted by Crippen LogP contribution is -2.38. The second kappa shape index (κ2) is 6.49. The van der Waals surface area contributed by atoms with Crippen LogP contribution in [0.1, 0.15) is 38.4 Å². The van der Waals surface area contributed by atoms with E-state index in [0.29, 0.717) is 18.7 Å². The first kappa shape index (κ1) is 16.1. The fraction of sp³-hybridized carbons (Fsp3) is 0.750. The Morgan fingerprint density at radius 2 is 2.05 bits per heavy atom. The van der Waals surface area contributed by atoms with Gasteiger partial charge in [0.2, 0.25) is 0 Å². The van der Waals surface area contributed by atoms with Crippen molar-refractivity contribution in [3.8, 4) is 0 Å². The molecule has 2 N–H and O–H groups in total.